The van der Waals surface area contributed by atoms with Gasteiger partial charge in [-0.05, 0) is 43.9 Å². The maximum atomic E-state index is 9.10. The number of fused-ring (bicyclic) bond motifs is 1. The molecular formula is C16H18ClN3O. The molecule has 0 bridgehead atoms. The lowest BCUT2D eigenvalue weighted by atomic mass is 10.00. The van der Waals surface area contributed by atoms with Crippen LogP contribution in [0.1, 0.15) is 36.5 Å². The SMILES string of the molecule is CC(Cl)c1nc2ccc(C#N)cc2n1CC1CCOCC1. The van der Waals surface area contributed by atoms with Gasteiger partial charge >= 0.3 is 0 Å². The third-order valence-electron chi connectivity index (χ3n) is 4.04. The Hall–Kier alpha value is -1.57. The summed E-state index contributed by atoms with van der Waals surface area (Å²) in [6.07, 6.45) is 2.13. The Morgan fingerprint density at radius 1 is 1.48 bits per heavy atom. The van der Waals surface area contributed by atoms with E-state index in [4.69, 9.17) is 21.6 Å². The van der Waals surface area contributed by atoms with E-state index in [1.54, 1.807) is 6.07 Å². The summed E-state index contributed by atoms with van der Waals surface area (Å²) in [6, 6.07) is 7.80. The summed E-state index contributed by atoms with van der Waals surface area (Å²) in [4.78, 5) is 4.64. The average molecular weight is 304 g/mol. The average Bonchev–Trinajstić information content (AvgIpc) is 2.86. The van der Waals surface area contributed by atoms with E-state index in [0.29, 0.717) is 11.5 Å². The fourth-order valence-electron chi connectivity index (χ4n) is 2.89. The Morgan fingerprint density at radius 3 is 2.90 bits per heavy atom. The molecule has 0 radical (unpaired) electrons. The molecule has 0 saturated carbocycles. The number of benzene rings is 1. The molecule has 1 fully saturated rings. The molecule has 1 aromatic carbocycles. The van der Waals surface area contributed by atoms with E-state index in [1.165, 1.54) is 0 Å². The molecule has 0 N–H and O–H groups in total. The van der Waals surface area contributed by atoms with Crippen LogP contribution in [-0.2, 0) is 11.3 Å². The Labute approximate surface area is 129 Å². The number of nitrogens with zero attached hydrogens (tertiary/aromatic N) is 3. The molecule has 1 unspecified atom stereocenters. The standard InChI is InChI=1S/C16H18ClN3O/c1-11(17)16-19-14-3-2-13(9-18)8-15(14)20(16)10-12-4-6-21-7-5-12/h2-3,8,11-12H,4-7,10H2,1H3. The first-order chi connectivity index (χ1) is 10.2. The van der Waals surface area contributed by atoms with Crippen LogP contribution in [0.4, 0.5) is 0 Å². The van der Waals surface area contributed by atoms with Crippen molar-refractivity contribution in [3.05, 3.63) is 29.6 Å². The highest BCUT2D eigenvalue weighted by atomic mass is 35.5. The molecule has 5 heteroatoms. The number of hydrogen-bond acceptors (Lipinski definition) is 3. The molecule has 1 saturated heterocycles. The summed E-state index contributed by atoms with van der Waals surface area (Å²) in [7, 11) is 0. The molecule has 0 aliphatic carbocycles. The number of ether oxygens (including phenoxy) is 1. The number of hydrogen-bond donors (Lipinski definition) is 0. The van der Waals surface area contributed by atoms with Crippen molar-refractivity contribution in [3.63, 3.8) is 0 Å². The zero-order chi connectivity index (χ0) is 14.8. The predicted octanol–water partition coefficient (Wildman–Crippen LogP) is 3.63. The molecule has 1 aromatic heterocycles. The summed E-state index contributed by atoms with van der Waals surface area (Å²) in [5.41, 5.74) is 2.57. The number of aromatic nitrogens is 2. The predicted molar refractivity (Wildman–Crippen MR) is 82.3 cm³/mol. The maximum absolute atomic E-state index is 9.10. The number of rotatable bonds is 3. The Morgan fingerprint density at radius 2 is 2.24 bits per heavy atom. The molecule has 4 nitrogen and oxygen atoms in total. The zero-order valence-corrected chi connectivity index (χ0v) is 12.8. The van der Waals surface area contributed by atoms with Gasteiger partial charge in [-0.1, -0.05) is 0 Å². The summed E-state index contributed by atoms with van der Waals surface area (Å²) in [6.45, 7) is 4.48. The van der Waals surface area contributed by atoms with Crippen molar-refractivity contribution >= 4 is 22.6 Å². The number of halogens is 1. The topological polar surface area (TPSA) is 50.8 Å². The summed E-state index contributed by atoms with van der Waals surface area (Å²) >= 11 is 6.30. The Kier molecular flexibility index (Phi) is 4.14. The van der Waals surface area contributed by atoms with E-state index < -0.39 is 0 Å². The van der Waals surface area contributed by atoms with Crippen molar-refractivity contribution in [1.29, 1.82) is 5.26 Å². The summed E-state index contributed by atoms with van der Waals surface area (Å²) in [5.74, 6) is 1.46. The van der Waals surface area contributed by atoms with E-state index in [-0.39, 0.29) is 5.38 Å². The second-order valence-electron chi connectivity index (χ2n) is 5.57. The van der Waals surface area contributed by atoms with Crippen LogP contribution >= 0.6 is 11.6 Å². The highest BCUT2D eigenvalue weighted by molar-refractivity contribution is 6.20. The van der Waals surface area contributed by atoms with Gasteiger partial charge in [0.05, 0.1) is 28.0 Å². The minimum Gasteiger partial charge on any atom is -0.381 e. The van der Waals surface area contributed by atoms with Gasteiger partial charge in [0.15, 0.2) is 0 Å². The molecule has 1 aliphatic heterocycles. The molecule has 1 aliphatic rings. The van der Waals surface area contributed by atoms with Crippen molar-refractivity contribution in [2.75, 3.05) is 13.2 Å². The molecule has 0 amide bonds. The van der Waals surface area contributed by atoms with Crippen molar-refractivity contribution in [3.8, 4) is 6.07 Å². The molecule has 2 heterocycles. The molecule has 3 rings (SSSR count). The second-order valence-corrected chi connectivity index (χ2v) is 6.22. The van der Waals surface area contributed by atoms with Crippen molar-refractivity contribution in [1.82, 2.24) is 9.55 Å². The normalized spacial score (nSPS) is 17.8. The Bertz CT molecular complexity index is 681. The molecular weight excluding hydrogens is 286 g/mol. The van der Waals surface area contributed by atoms with Gasteiger partial charge in [-0.2, -0.15) is 5.26 Å². The number of imidazole rings is 1. The monoisotopic (exact) mass is 303 g/mol. The van der Waals surface area contributed by atoms with E-state index in [1.807, 2.05) is 19.1 Å². The van der Waals surface area contributed by atoms with Crippen LogP contribution in [0.5, 0.6) is 0 Å². The second kappa shape index (κ2) is 6.05. The quantitative estimate of drug-likeness (QED) is 0.814. The minimum absolute atomic E-state index is 0.150. The van der Waals surface area contributed by atoms with Gasteiger partial charge in [-0.15, -0.1) is 11.6 Å². The smallest absolute Gasteiger partial charge is 0.127 e. The van der Waals surface area contributed by atoms with E-state index in [0.717, 1.165) is 49.5 Å². The van der Waals surface area contributed by atoms with Gasteiger partial charge in [-0.3, -0.25) is 0 Å². The first-order valence-electron chi connectivity index (χ1n) is 7.31. The van der Waals surface area contributed by atoms with Crippen molar-refractivity contribution in [2.24, 2.45) is 5.92 Å². The molecule has 2 aromatic rings. The lowest BCUT2D eigenvalue weighted by molar-refractivity contribution is 0.0613. The largest absolute Gasteiger partial charge is 0.381 e. The maximum Gasteiger partial charge on any atom is 0.127 e. The van der Waals surface area contributed by atoms with Gasteiger partial charge < -0.3 is 9.30 Å². The van der Waals surface area contributed by atoms with Crippen LogP contribution in [-0.4, -0.2) is 22.8 Å². The van der Waals surface area contributed by atoms with Crippen LogP contribution in [0.3, 0.4) is 0 Å². The highest BCUT2D eigenvalue weighted by Crippen LogP contribution is 2.28. The number of nitriles is 1. The molecule has 0 spiro atoms. The van der Waals surface area contributed by atoms with E-state index >= 15 is 0 Å². The minimum atomic E-state index is -0.150. The van der Waals surface area contributed by atoms with Crippen molar-refractivity contribution < 1.29 is 4.74 Å². The fraction of sp³-hybridized carbons (Fsp3) is 0.500. The first-order valence-corrected chi connectivity index (χ1v) is 7.75. The summed E-state index contributed by atoms with van der Waals surface area (Å²) in [5, 5.41) is 8.95. The number of alkyl halides is 1. The molecule has 110 valence electrons. The van der Waals surface area contributed by atoms with Gasteiger partial charge in [0.1, 0.15) is 5.82 Å². The van der Waals surface area contributed by atoms with Gasteiger partial charge in [0.25, 0.3) is 0 Å². The molecule has 1 atom stereocenters. The van der Waals surface area contributed by atoms with Gasteiger partial charge in [0, 0.05) is 19.8 Å². The van der Waals surface area contributed by atoms with Crippen LogP contribution in [0.25, 0.3) is 11.0 Å². The Balaban J connectivity index is 2.03. The lowest BCUT2D eigenvalue weighted by Crippen LogP contribution is -2.21. The third kappa shape index (κ3) is 2.90. The van der Waals surface area contributed by atoms with Gasteiger partial charge in [-0.25, -0.2) is 4.98 Å². The third-order valence-corrected chi connectivity index (χ3v) is 4.24. The van der Waals surface area contributed by atoms with Crippen LogP contribution < -0.4 is 0 Å². The van der Waals surface area contributed by atoms with Gasteiger partial charge in [0.2, 0.25) is 0 Å². The zero-order valence-electron chi connectivity index (χ0n) is 12.1. The lowest BCUT2D eigenvalue weighted by Gasteiger charge is -2.24. The first kappa shape index (κ1) is 14.4. The van der Waals surface area contributed by atoms with Crippen LogP contribution in [0.15, 0.2) is 18.2 Å². The molecule has 21 heavy (non-hydrogen) atoms. The van der Waals surface area contributed by atoms with E-state index in [2.05, 4.69) is 15.6 Å². The van der Waals surface area contributed by atoms with Crippen molar-refractivity contribution in [2.45, 2.75) is 31.7 Å². The fourth-order valence-corrected chi connectivity index (χ4v) is 3.06. The van der Waals surface area contributed by atoms with E-state index in [9.17, 15) is 0 Å². The van der Waals surface area contributed by atoms with Crippen LogP contribution in [0.2, 0.25) is 0 Å². The highest BCUT2D eigenvalue weighted by Gasteiger charge is 2.20. The summed E-state index contributed by atoms with van der Waals surface area (Å²) < 4.78 is 7.61. The van der Waals surface area contributed by atoms with Crippen LogP contribution in [0, 0.1) is 17.2 Å².